The zero-order valence-electron chi connectivity index (χ0n) is 8.46. The van der Waals surface area contributed by atoms with Crippen molar-refractivity contribution in [2.45, 2.75) is 38.6 Å². The Balaban J connectivity index is 2.54. The monoisotopic (exact) mass is 261 g/mol. The van der Waals surface area contributed by atoms with Crippen molar-refractivity contribution in [2.75, 3.05) is 11.9 Å². The summed E-state index contributed by atoms with van der Waals surface area (Å²) in [6.07, 6.45) is 4.46. The lowest BCUT2D eigenvalue weighted by molar-refractivity contribution is -0.135. The maximum absolute atomic E-state index is 11.3. The molecular formula is C10H16BrNO2. The minimum Gasteiger partial charge on any atom is -0.333 e. The summed E-state index contributed by atoms with van der Waals surface area (Å²) in [5, 5.41) is 0.337. The van der Waals surface area contributed by atoms with Crippen molar-refractivity contribution in [1.29, 1.82) is 0 Å². The molecule has 1 amide bonds. The molecule has 4 heteroatoms. The summed E-state index contributed by atoms with van der Waals surface area (Å²) in [6, 6.07) is 0.301. The van der Waals surface area contributed by atoms with E-state index in [1.54, 1.807) is 11.8 Å². The summed E-state index contributed by atoms with van der Waals surface area (Å²) >= 11 is 3.11. The van der Waals surface area contributed by atoms with E-state index in [1.807, 2.05) is 0 Å². The molecule has 0 radical (unpaired) electrons. The number of nitrogens with zero attached hydrogens (tertiary/aromatic N) is 1. The molecule has 1 fully saturated rings. The molecule has 0 N–H and O–H groups in total. The van der Waals surface area contributed by atoms with Gasteiger partial charge >= 0.3 is 0 Å². The third-order valence-electron chi connectivity index (χ3n) is 2.67. The van der Waals surface area contributed by atoms with Crippen LogP contribution >= 0.6 is 15.9 Å². The minimum atomic E-state index is 0.0196. The largest absolute Gasteiger partial charge is 0.333 e. The topological polar surface area (TPSA) is 37.4 Å². The number of alkyl halides is 1. The van der Waals surface area contributed by atoms with Gasteiger partial charge in [-0.3, -0.25) is 9.59 Å². The fourth-order valence-electron chi connectivity index (χ4n) is 1.95. The molecule has 0 aromatic heterocycles. The molecule has 1 aliphatic carbocycles. The van der Waals surface area contributed by atoms with Crippen LogP contribution in [-0.4, -0.2) is 34.5 Å². The van der Waals surface area contributed by atoms with Gasteiger partial charge in [-0.05, 0) is 12.8 Å². The Morgan fingerprint density at radius 2 is 1.93 bits per heavy atom. The minimum absolute atomic E-state index is 0.0196. The Kier molecular flexibility index (Phi) is 4.58. The van der Waals surface area contributed by atoms with Crippen LogP contribution in [0.3, 0.4) is 0 Å². The summed E-state index contributed by atoms with van der Waals surface area (Å²) in [5.41, 5.74) is 0. The van der Waals surface area contributed by atoms with Crippen LogP contribution in [0, 0.1) is 0 Å². The fourth-order valence-corrected chi connectivity index (χ4v) is 2.12. The SMILES string of the molecule is CC(=O)N(CC(=O)CBr)C1CCCC1. The number of hydrogen-bond donors (Lipinski definition) is 0. The van der Waals surface area contributed by atoms with Crippen molar-refractivity contribution < 1.29 is 9.59 Å². The van der Waals surface area contributed by atoms with Gasteiger partial charge in [0.1, 0.15) is 0 Å². The zero-order valence-corrected chi connectivity index (χ0v) is 10.0. The fraction of sp³-hybridized carbons (Fsp3) is 0.800. The molecule has 1 saturated carbocycles. The van der Waals surface area contributed by atoms with Crippen LogP contribution in [0.25, 0.3) is 0 Å². The van der Waals surface area contributed by atoms with E-state index in [9.17, 15) is 9.59 Å². The first-order chi connectivity index (χ1) is 6.65. The van der Waals surface area contributed by atoms with Crippen LogP contribution in [0.15, 0.2) is 0 Å². The van der Waals surface area contributed by atoms with Crippen molar-refractivity contribution in [1.82, 2.24) is 4.90 Å². The Labute approximate surface area is 93.0 Å². The quantitative estimate of drug-likeness (QED) is 0.724. The van der Waals surface area contributed by atoms with E-state index in [2.05, 4.69) is 15.9 Å². The zero-order chi connectivity index (χ0) is 10.6. The lowest BCUT2D eigenvalue weighted by Gasteiger charge is -2.26. The number of hydrogen-bond acceptors (Lipinski definition) is 2. The van der Waals surface area contributed by atoms with Gasteiger partial charge in [-0.1, -0.05) is 28.8 Å². The van der Waals surface area contributed by atoms with Gasteiger partial charge in [0.15, 0.2) is 5.78 Å². The number of carbonyl (C=O) groups excluding carboxylic acids is 2. The highest BCUT2D eigenvalue weighted by Gasteiger charge is 2.25. The summed E-state index contributed by atoms with van der Waals surface area (Å²) in [7, 11) is 0. The average Bonchev–Trinajstić information content (AvgIpc) is 2.65. The van der Waals surface area contributed by atoms with Crippen LogP contribution in [0.1, 0.15) is 32.6 Å². The van der Waals surface area contributed by atoms with E-state index in [0.29, 0.717) is 11.4 Å². The molecule has 0 bridgehead atoms. The van der Waals surface area contributed by atoms with E-state index in [-0.39, 0.29) is 18.2 Å². The van der Waals surface area contributed by atoms with Gasteiger partial charge in [0.05, 0.1) is 11.9 Å². The summed E-state index contributed by atoms with van der Waals surface area (Å²) in [5.74, 6) is 0.0956. The number of carbonyl (C=O) groups is 2. The maximum atomic E-state index is 11.3. The Morgan fingerprint density at radius 3 is 2.36 bits per heavy atom. The highest BCUT2D eigenvalue weighted by Crippen LogP contribution is 2.23. The van der Waals surface area contributed by atoms with Gasteiger partial charge in [-0.15, -0.1) is 0 Å². The Morgan fingerprint density at radius 1 is 1.36 bits per heavy atom. The molecule has 0 spiro atoms. The van der Waals surface area contributed by atoms with Gasteiger partial charge in [0.25, 0.3) is 0 Å². The summed E-state index contributed by atoms with van der Waals surface area (Å²) in [6.45, 7) is 1.81. The number of halogens is 1. The van der Waals surface area contributed by atoms with Gasteiger partial charge in [-0.25, -0.2) is 0 Å². The lowest BCUT2D eigenvalue weighted by Crippen LogP contribution is -2.41. The molecule has 0 unspecified atom stereocenters. The Hall–Kier alpha value is -0.380. The molecule has 3 nitrogen and oxygen atoms in total. The Bertz CT molecular complexity index is 224. The number of ketones is 1. The second kappa shape index (κ2) is 5.49. The van der Waals surface area contributed by atoms with Crippen molar-refractivity contribution in [3.8, 4) is 0 Å². The molecule has 0 atom stereocenters. The summed E-state index contributed by atoms with van der Waals surface area (Å²) in [4.78, 5) is 24.3. The molecule has 1 rings (SSSR count). The predicted octanol–water partition coefficient (Wildman–Crippen LogP) is 1.74. The van der Waals surface area contributed by atoms with Crippen LogP contribution in [-0.2, 0) is 9.59 Å². The second-order valence-electron chi connectivity index (χ2n) is 3.76. The van der Waals surface area contributed by atoms with E-state index < -0.39 is 0 Å². The third kappa shape index (κ3) is 3.08. The van der Waals surface area contributed by atoms with E-state index >= 15 is 0 Å². The number of amides is 1. The molecule has 0 aromatic carbocycles. The summed E-state index contributed by atoms with van der Waals surface area (Å²) < 4.78 is 0. The number of rotatable bonds is 4. The lowest BCUT2D eigenvalue weighted by atomic mass is 10.2. The normalized spacial score (nSPS) is 17.0. The highest BCUT2D eigenvalue weighted by molar-refractivity contribution is 9.09. The molecule has 0 heterocycles. The van der Waals surface area contributed by atoms with Gasteiger partial charge in [-0.2, -0.15) is 0 Å². The predicted molar refractivity (Wildman–Crippen MR) is 58.4 cm³/mol. The van der Waals surface area contributed by atoms with E-state index in [4.69, 9.17) is 0 Å². The standard InChI is InChI=1S/C10H16BrNO2/c1-8(13)12(7-10(14)6-11)9-4-2-3-5-9/h9H,2-7H2,1H3. The first kappa shape index (κ1) is 11.7. The van der Waals surface area contributed by atoms with Gasteiger partial charge in [0.2, 0.25) is 5.91 Å². The van der Waals surface area contributed by atoms with E-state index in [1.165, 1.54) is 12.8 Å². The highest BCUT2D eigenvalue weighted by atomic mass is 79.9. The molecule has 0 aliphatic heterocycles. The molecule has 1 aliphatic rings. The van der Waals surface area contributed by atoms with Crippen molar-refractivity contribution in [3.63, 3.8) is 0 Å². The smallest absolute Gasteiger partial charge is 0.220 e. The van der Waals surface area contributed by atoms with E-state index in [0.717, 1.165) is 12.8 Å². The average molecular weight is 262 g/mol. The maximum Gasteiger partial charge on any atom is 0.220 e. The molecular weight excluding hydrogens is 246 g/mol. The van der Waals surface area contributed by atoms with Gasteiger partial charge in [0, 0.05) is 13.0 Å². The molecule has 80 valence electrons. The van der Waals surface area contributed by atoms with Crippen LogP contribution in [0.5, 0.6) is 0 Å². The third-order valence-corrected chi connectivity index (χ3v) is 3.29. The molecule has 14 heavy (non-hydrogen) atoms. The van der Waals surface area contributed by atoms with Crippen molar-refractivity contribution >= 4 is 27.6 Å². The van der Waals surface area contributed by atoms with Crippen LogP contribution in [0.4, 0.5) is 0 Å². The first-order valence-corrected chi connectivity index (χ1v) is 6.12. The first-order valence-electron chi connectivity index (χ1n) is 5.00. The second-order valence-corrected chi connectivity index (χ2v) is 4.32. The van der Waals surface area contributed by atoms with Crippen LogP contribution < -0.4 is 0 Å². The van der Waals surface area contributed by atoms with Crippen molar-refractivity contribution in [3.05, 3.63) is 0 Å². The van der Waals surface area contributed by atoms with Gasteiger partial charge < -0.3 is 4.90 Å². The van der Waals surface area contributed by atoms with Crippen LogP contribution in [0.2, 0.25) is 0 Å². The number of Topliss-reactive ketones (excluding diaryl/α,β-unsaturated/α-hetero) is 1. The molecule has 0 saturated heterocycles. The van der Waals surface area contributed by atoms with Crippen molar-refractivity contribution in [2.24, 2.45) is 0 Å². The molecule has 0 aromatic rings.